The van der Waals surface area contributed by atoms with Crippen LogP contribution in [-0.2, 0) is 0 Å². The molecular formula is C16H27NO3. The molecule has 4 heteroatoms. The van der Waals surface area contributed by atoms with E-state index in [1.54, 1.807) is 21.3 Å². The van der Waals surface area contributed by atoms with Crippen LogP contribution in [0.3, 0.4) is 0 Å². The lowest BCUT2D eigenvalue weighted by atomic mass is 10.0. The Hall–Kier alpha value is -1.58. The summed E-state index contributed by atoms with van der Waals surface area (Å²) >= 11 is 0. The maximum absolute atomic E-state index is 5.35. The van der Waals surface area contributed by atoms with Crippen molar-refractivity contribution < 1.29 is 14.2 Å². The van der Waals surface area contributed by atoms with Crippen LogP contribution >= 0.6 is 0 Å². The van der Waals surface area contributed by atoms with Gasteiger partial charge < -0.3 is 19.5 Å². The molecule has 0 heterocycles. The molecule has 0 spiro atoms. The molecule has 0 bridgehead atoms. The minimum absolute atomic E-state index is 0.403. The highest BCUT2D eigenvalue weighted by Crippen LogP contribution is 2.40. The minimum Gasteiger partial charge on any atom is -0.493 e. The zero-order valence-corrected chi connectivity index (χ0v) is 13.4. The molecule has 0 aliphatic carbocycles. The van der Waals surface area contributed by atoms with Crippen LogP contribution < -0.4 is 19.5 Å². The Morgan fingerprint density at radius 2 is 1.45 bits per heavy atom. The summed E-state index contributed by atoms with van der Waals surface area (Å²) in [4.78, 5) is 0. The quantitative estimate of drug-likeness (QED) is 0.783. The van der Waals surface area contributed by atoms with E-state index in [0.29, 0.717) is 23.3 Å². The first kappa shape index (κ1) is 16.5. The highest BCUT2D eigenvalue weighted by atomic mass is 16.5. The Balaban J connectivity index is 2.85. The lowest BCUT2D eigenvalue weighted by Gasteiger charge is -2.19. The second kappa shape index (κ2) is 7.88. The van der Waals surface area contributed by atoms with E-state index in [0.717, 1.165) is 18.0 Å². The van der Waals surface area contributed by atoms with E-state index in [1.165, 1.54) is 6.42 Å². The number of methoxy groups -OCH3 is 3. The van der Waals surface area contributed by atoms with Gasteiger partial charge in [0.05, 0.1) is 21.3 Å². The molecule has 1 N–H and O–H groups in total. The molecular weight excluding hydrogens is 254 g/mol. The number of anilines is 1. The Morgan fingerprint density at radius 3 is 1.85 bits per heavy atom. The van der Waals surface area contributed by atoms with E-state index in [2.05, 4.69) is 26.1 Å². The smallest absolute Gasteiger partial charge is 0.203 e. The maximum atomic E-state index is 5.35. The van der Waals surface area contributed by atoms with Gasteiger partial charge in [-0.2, -0.15) is 0 Å². The van der Waals surface area contributed by atoms with Gasteiger partial charge in [0, 0.05) is 23.9 Å². The topological polar surface area (TPSA) is 39.7 Å². The van der Waals surface area contributed by atoms with Crippen molar-refractivity contribution in [1.82, 2.24) is 0 Å². The standard InChI is InChI=1S/C16H27NO3/c1-11(2)7-8-12(3)17-13-9-14(18-4)16(20-6)15(10-13)19-5/h9-12,17H,7-8H2,1-6H3. The minimum atomic E-state index is 0.403. The van der Waals surface area contributed by atoms with Crippen molar-refractivity contribution in [2.45, 2.75) is 39.7 Å². The van der Waals surface area contributed by atoms with Gasteiger partial charge in [-0.1, -0.05) is 13.8 Å². The maximum Gasteiger partial charge on any atom is 0.203 e. The Labute approximate surface area is 122 Å². The molecule has 0 fully saturated rings. The Morgan fingerprint density at radius 1 is 0.900 bits per heavy atom. The summed E-state index contributed by atoms with van der Waals surface area (Å²) in [5.41, 5.74) is 0.982. The predicted molar refractivity (Wildman–Crippen MR) is 83.3 cm³/mol. The summed E-state index contributed by atoms with van der Waals surface area (Å²) in [5.74, 6) is 2.69. The summed E-state index contributed by atoms with van der Waals surface area (Å²) in [6, 6.07) is 4.28. The highest BCUT2D eigenvalue weighted by Gasteiger charge is 2.14. The molecule has 0 aromatic heterocycles. The van der Waals surface area contributed by atoms with Crippen molar-refractivity contribution in [1.29, 1.82) is 0 Å². The van der Waals surface area contributed by atoms with Gasteiger partial charge in [-0.3, -0.25) is 0 Å². The zero-order chi connectivity index (χ0) is 15.1. The fourth-order valence-corrected chi connectivity index (χ4v) is 2.10. The van der Waals surface area contributed by atoms with Crippen LogP contribution in [0.2, 0.25) is 0 Å². The molecule has 20 heavy (non-hydrogen) atoms. The molecule has 0 saturated carbocycles. The summed E-state index contributed by atoms with van der Waals surface area (Å²) in [6.45, 7) is 6.67. The third-order valence-electron chi connectivity index (χ3n) is 3.25. The van der Waals surface area contributed by atoms with Crippen LogP contribution in [-0.4, -0.2) is 27.4 Å². The number of hydrogen-bond donors (Lipinski definition) is 1. The first-order valence-electron chi connectivity index (χ1n) is 7.08. The van der Waals surface area contributed by atoms with Crippen molar-refractivity contribution in [3.05, 3.63) is 12.1 Å². The number of nitrogens with one attached hydrogen (secondary N) is 1. The summed E-state index contributed by atoms with van der Waals surface area (Å²) in [5, 5.41) is 3.48. The molecule has 1 aromatic carbocycles. The van der Waals surface area contributed by atoms with E-state index in [1.807, 2.05) is 12.1 Å². The third-order valence-corrected chi connectivity index (χ3v) is 3.25. The molecule has 114 valence electrons. The van der Waals surface area contributed by atoms with Gasteiger partial charge in [-0.25, -0.2) is 0 Å². The van der Waals surface area contributed by atoms with Crippen molar-refractivity contribution in [3.63, 3.8) is 0 Å². The van der Waals surface area contributed by atoms with Crippen LogP contribution in [0.1, 0.15) is 33.6 Å². The van der Waals surface area contributed by atoms with Crippen LogP contribution in [0.4, 0.5) is 5.69 Å². The molecule has 1 atom stereocenters. The predicted octanol–water partition coefficient (Wildman–Crippen LogP) is 3.95. The third kappa shape index (κ3) is 4.51. The second-order valence-corrected chi connectivity index (χ2v) is 5.43. The fraction of sp³-hybridized carbons (Fsp3) is 0.625. The molecule has 0 amide bonds. The molecule has 0 aliphatic heterocycles. The number of ether oxygens (including phenoxy) is 3. The van der Waals surface area contributed by atoms with Gasteiger partial charge in [0.25, 0.3) is 0 Å². The summed E-state index contributed by atoms with van der Waals surface area (Å²) in [7, 11) is 4.87. The van der Waals surface area contributed by atoms with Gasteiger partial charge >= 0.3 is 0 Å². The van der Waals surface area contributed by atoms with E-state index >= 15 is 0 Å². The molecule has 0 radical (unpaired) electrons. The lowest BCUT2D eigenvalue weighted by molar-refractivity contribution is 0.324. The van der Waals surface area contributed by atoms with Gasteiger partial charge in [-0.05, 0) is 25.7 Å². The Kier molecular flexibility index (Phi) is 6.49. The first-order valence-corrected chi connectivity index (χ1v) is 7.08. The SMILES string of the molecule is COc1cc(NC(C)CCC(C)C)cc(OC)c1OC. The van der Waals surface area contributed by atoms with Gasteiger partial charge in [0.2, 0.25) is 5.75 Å². The molecule has 1 rings (SSSR count). The average Bonchev–Trinajstić information content (AvgIpc) is 2.43. The molecule has 0 aliphatic rings. The zero-order valence-electron chi connectivity index (χ0n) is 13.4. The largest absolute Gasteiger partial charge is 0.493 e. The molecule has 4 nitrogen and oxygen atoms in total. The molecule has 1 unspecified atom stereocenters. The van der Waals surface area contributed by atoms with Crippen LogP contribution in [0.15, 0.2) is 12.1 Å². The van der Waals surface area contributed by atoms with Crippen molar-refractivity contribution in [3.8, 4) is 17.2 Å². The van der Waals surface area contributed by atoms with Crippen LogP contribution in [0, 0.1) is 5.92 Å². The van der Waals surface area contributed by atoms with E-state index < -0.39 is 0 Å². The number of rotatable bonds is 8. The van der Waals surface area contributed by atoms with Gasteiger partial charge in [-0.15, -0.1) is 0 Å². The molecule has 1 aromatic rings. The van der Waals surface area contributed by atoms with Crippen molar-refractivity contribution >= 4 is 5.69 Å². The van der Waals surface area contributed by atoms with E-state index in [9.17, 15) is 0 Å². The normalized spacial score (nSPS) is 12.2. The van der Waals surface area contributed by atoms with E-state index in [4.69, 9.17) is 14.2 Å². The number of hydrogen-bond acceptors (Lipinski definition) is 4. The van der Waals surface area contributed by atoms with Gasteiger partial charge in [0.1, 0.15) is 0 Å². The van der Waals surface area contributed by atoms with Crippen molar-refractivity contribution in [2.75, 3.05) is 26.6 Å². The number of benzene rings is 1. The second-order valence-electron chi connectivity index (χ2n) is 5.43. The van der Waals surface area contributed by atoms with Crippen LogP contribution in [0.25, 0.3) is 0 Å². The molecule has 0 saturated heterocycles. The highest BCUT2D eigenvalue weighted by molar-refractivity contribution is 5.62. The van der Waals surface area contributed by atoms with Crippen molar-refractivity contribution in [2.24, 2.45) is 5.92 Å². The summed E-state index contributed by atoms with van der Waals surface area (Å²) < 4.78 is 16.0. The fourth-order valence-electron chi connectivity index (χ4n) is 2.10. The monoisotopic (exact) mass is 281 g/mol. The van der Waals surface area contributed by atoms with E-state index in [-0.39, 0.29) is 0 Å². The summed E-state index contributed by atoms with van der Waals surface area (Å²) in [6.07, 6.45) is 2.34. The average molecular weight is 281 g/mol. The van der Waals surface area contributed by atoms with Crippen LogP contribution in [0.5, 0.6) is 17.2 Å². The first-order chi connectivity index (χ1) is 9.51. The Bertz CT molecular complexity index is 393. The van der Waals surface area contributed by atoms with Gasteiger partial charge in [0.15, 0.2) is 11.5 Å². The lowest BCUT2D eigenvalue weighted by Crippen LogP contribution is -2.16.